The van der Waals surface area contributed by atoms with Gasteiger partial charge in [-0.15, -0.1) is 10.2 Å². The molecule has 7 nitrogen and oxygen atoms in total. The van der Waals surface area contributed by atoms with Crippen LogP contribution in [0.3, 0.4) is 0 Å². The molecular weight excluding hydrogens is 350 g/mol. The Morgan fingerprint density at radius 3 is 2.62 bits per heavy atom. The summed E-state index contributed by atoms with van der Waals surface area (Å²) in [5.74, 6) is 1.13. The minimum Gasteiger partial charge on any atom is -0.338 e. The monoisotopic (exact) mass is 371 g/mol. The molecule has 2 heterocycles. The van der Waals surface area contributed by atoms with Crippen LogP contribution in [-0.2, 0) is 17.3 Å². The largest absolute Gasteiger partial charge is 0.338 e. The van der Waals surface area contributed by atoms with Crippen molar-refractivity contribution in [1.29, 1.82) is 0 Å². The van der Waals surface area contributed by atoms with Crippen molar-refractivity contribution in [2.24, 2.45) is 7.05 Å². The highest BCUT2D eigenvalue weighted by Crippen LogP contribution is 2.25. The van der Waals surface area contributed by atoms with Crippen LogP contribution in [0.4, 0.5) is 5.88 Å². The van der Waals surface area contributed by atoms with E-state index >= 15 is 0 Å². The summed E-state index contributed by atoms with van der Waals surface area (Å²) in [5, 5.41) is 15.8. The number of carbonyl (C=O) groups excluding carboxylic acids is 1. The fourth-order valence-electron chi connectivity index (χ4n) is 2.27. The summed E-state index contributed by atoms with van der Waals surface area (Å²) in [6.45, 7) is 6.10. The van der Waals surface area contributed by atoms with Gasteiger partial charge in [0.1, 0.15) is 0 Å². The van der Waals surface area contributed by atoms with Gasteiger partial charge in [-0.1, -0.05) is 68.0 Å². The zero-order valence-electron chi connectivity index (χ0n) is 15.2. The lowest BCUT2D eigenvalue weighted by molar-refractivity contribution is -0.113. The van der Waals surface area contributed by atoms with Crippen LogP contribution < -0.4 is 5.32 Å². The molecule has 0 aliphatic heterocycles. The van der Waals surface area contributed by atoms with Crippen LogP contribution in [0.25, 0.3) is 11.4 Å². The Morgan fingerprint density at radius 2 is 1.96 bits per heavy atom. The van der Waals surface area contributed by atoms with Crippen LogP contribution >= 0.6 is 11.8 Å². The Bertz CT molecular complexity index is 896. The van der Waals surface area contributed by atoms with Gasteiger partial charge in [0.05, 0.1) is 11.4 Å². The number of thioether (sulfide) groups is 1. The van der Waals surface area contributed by atoms with Gasteiger partial charge < -0.3 is 9.09 Å². The molecule has 0 radical (unpaired) electrons. The highest BCUT2D eigenvalue weighted by Gasteiger charge is 2.20. The van der Waals surface area contributed by atoms with E-state index in [0.29, 0.717) is 11.0 Å². The average Bonchev–Trinajstić information content (AvgIpc) is 3.20. The number of nitrogens with zero attached hydrogens (tertiary/aromatic N) is 4. The molecule has 0 saturated carbocycles. The van der Waals surface area contributed by atoms with Gasteiger partial charge in [0.15, 0.2) is 11.0 Å². The fourth-order valence-corrected chi connectivity index (χ4v) is 2.98. The number of aromatic nitrogens is 4. The van der Waals surface area contributed by atoms with Gasteiger partial charge in [-0.3, -0.25) is 10.1 Å². The maximum Gasteiger partial charge on any atom is 0.237 e. The minimum atomic E-state index is -0.184. The van der Waals surface area contributed by atoms with Crippen molar-refractivity contribution in [2.45, 2.75) is 31.3 Å². The molecule has 0 bridgehead atoms. The molecule has 136 valence electrons. The summed E-state index contributed by atoms with van der Waals surface area (Å²) < 4.78 is 7.05. The number of anilines is 1. The van der Waals surface area contributed by atoms with Gasteiger partial charge >= 0.3 is 0 Å². The second-order valence-corrected chi connectivity index (χ2v) is 7.84. The van der Waals surface area contributed by atoms with Crippen LogP contribution in [0.15, 0.2) is 46.1 Å². The van der Waals surface area contributed by atoms with Crippen molar-refractivity contribution in [3.8, 4) is 11.4 Å². The normalized spacial score (nSPS) is 11.5. The molecule has 1 amide bonds. The third-order valence-electron chi connectivity index (χ3n) is 3.74. The minimum absolute atomic E-state index is 0.131. The van der Waals surface area contributed by atoms with Gasteiger partial charge in [-0.2, -0.15) is 0 Å². The first-order valence-corrected chi connectivity index (χ1v) is 9.18. The number of carbonyl (C=O) groups is 1. The van der Waals surface area contributed by atoms with E-state index in [-0.39, 0.29) is 17.1 Å². The fraction of sp³-hybridized carbons (Fsp3) is 0.333. The molecule has 3 rings (SSSR count). The maximum atomic E-state index is 12.2. The Kier molecular flexibility index (Phi) is 5.13. The van der Waals surface area contributed by atoms with Crippen LogP contribution in [0, 0.1) is 0 Å². The first-order valence-electron chi connectivity index (χ1n) is 8.19. The van der Waals surface area contributed by atoms with E-state index in [1.165, 1.54) is 11.8 Å². The second-order valence-electron chi connectivity index (χ2n) is 6.89. The molecule has 1 N–H and O–H groups in total. The lowest BCUT2D eigenvalue weighted by atomic mass is 9.92. The van der Waals surface area contributed by atoms with Crippen molar-refractivity contribution in [3.63, 3.8) is 0 Å². The lowest BCUT2D eigenvalue weighted by Gasteiger charge is -2.12. The highest BCUT2D eigenvalue weighted by atomic mass is 32.2. The predicted molar refractivity (Wildman–Crippen MR) is 101 cm³/mol. The molecular formula is C18H21N5O2S. The summed E-state index contributed by atoms with van der Waals surface area (Å²) >= 11 is 1.32. The number of rotatable bonds is 5. The van der Waals surface area contributed by atoms with Gasteiger partial charge in [0.25, 0.3) is 0 Å². The number of hydrogen-bond acceptors (Lipinski definition) is 6. The average molecular weight is 371 g/mol. The third-order valence-corrected chi connectivity index (χ3v) is 4.76. The van der Waals surface area contributed by atoms with Crippen molar-refractivity contribution < 1.29 is 9.32 Å². The van der Waals surface area contributed by atoms with E-state index in [0.717, 1.165) is 17.1 Å². The lowest BCUT2D eigenvalue weighted by Crippen LogP contribution is -2.14. The van der Waals surface area contributed by atoms with Crippen LogP contribution in [-0.4, -0.2) is 31.6 Å². The number of amides is 1. The molecule has 2 aromatic heterocycles. The zero-order valence-corrected chi connectivity index (χ0v) is 16.0. The Labute approximate surface area is 156 Å². The molecule has 0 aliphatic carbocycles. The maximum absolute atomic E-state index is 12.2. The summed E-state index contributed by atoms with van der Waals surface area (Å²) in [4.78, 5) is 12.2. The first-order chi connectivity index (χ1) is 12.3. The van der Waals surface area contributed by atoms with E-state index < -0.39 is 0 Å². The molecule has 3 aromatic rings. The van der Waals surface area contributed by atoms with E-state index in [4.69, 9.17) is 4.52 Å². The van der Waals surface area contributed by atoms with Crippen molar-refractivity contribution in [3.05, 3.63) is 42.1 Å². The van der Waals surface area contributed by atoms with Gasteiger partial charge in [0, 0.05) is 24.1 Å². The molecule has 26 heavy (non-hydrogen) atoms. The summed E-state index contributed by atoms with van der Waals surface area (Å²) in [6, 6.07) is 11.6. The van der Waals surface area contributed by atoms with Gasteiger partial charge in [0.2, 0.25) is 11.8 Å². The summed E-state index contributed by atoms with van der Waals surface area (Å²) in [5.41, 5.74) is 1.64. The molecule has 0 fully saturated rings. The predicted octanol–water partition coefficient (Wildman–Crippen LogP) is 3.50. The number of benzene rings is 1. The molecule has 0 aliphatic rings. The summed E-state index contributed by atoms with van der Waals surface area (Å²) in [7, 11) is 1.88. The topological polar surface area (TPSA) is 85.8 Å². The number of hydrogen-bond donors (Lipinski definition) is 1. The second kappa shape index (κ2) is 7.33. The van der Waals surface area contributed by atoms with Gasteiger partial charge in [-0.05, 0) is 0 Å². The van der Waals surface area contributed by atoms with Crippen LogP contribution in [0.2, 0.25) is 0 Å². The van der Waals surface area contributed by atoms with Gasteiger partial charge in [-0.25, -0.2) is 0 Å². The number of nitrogens with one attached hydrogen (secondary N) is 1. The third kappa shape index (κ3) is 4.13. The quantitative estimate of drug-likeness (QED) is 0.691. The Balaban J connectivity index is 1.60. The smallest absolute Gasteiger partial charge is 0.237 e. The van der Waals surface area contributed by atoms with Crippen LogP contribution in [0.1, 0.15) is 26.5 Å². The van der Waals surface area contributed by atoms with E-state index in [9.17, 15) is 4.79 Å². The van der Waals surface area contributed by atoms with Crippen LogP contribution in [0.5, 0.6) is 0 Å². The van der Waals surface area contributed by atoms with E-state index in [1.807, 2.05) is 62.7 Å². The SMILES string of the molecule is Cn1c(SCC(=O)Nc2cc(C(C)(C)C)no2)nnc1-c1ccccc1. The summed E-state index contributed by atoms with van der Waals surface area (Å²) in [6.07, 6.45) is 0. The molecule has 0 unspecified atom stereocenters. The zero-order chi connectivity index (χ0) is 18.7. The molecule has 0 spiro atoms. The van der Waals surface area contributed by atoms with E-state index in [1.54, 1.807) is 6.07 Å². The molecule has 1 aromatic carbocycles. The molecule has 8 heteroatoms. The standard InChI is InChI=1S/C18H21N5O2S/c1-18(2,3)13-10-15(25-22-13)19-14(24)11-26-17-21-20-16(23(17)4)12-8-6-5-7-9-12/h5-10H,11H2,1-4H3,(H,19,24). The van der Waals surface area contributed by atoms with E-state index in [2.05, 4.69) is 20.7 Å². The molecule has 0 saturated heterocycles. The van der Waals surface area contributed by atoms with Crippen molar-refractivity contribution in [1.82, 2.24) is 19.9 Å². The Hall–Kier alpha value is -2.61. The Morgan fingerprint density at radius 1 is 1.23 bits per heavy atom. The van der Waals surface area contributed by atoms with Crippen molar-refractivity contribution in [2.75, 3.05) is 11.1 Å². The first kappa shape index (κ1) is 18.2. The molecule has 0 atom stereocenters. The highest BCUT2D eigenvalue weighted by molar-refractivity contribution is 7.99. The van der Waals surface area contributed by atoms with Crippen molar-refractivity contribution >= 4 is 23.6 Å².